The molecule has 0 aliphatic rings. The van der Waals surface area contributed by atoms with E-state index in [-0.39, 0.29) is 51.1 Å². The second kappa shape index (κ2) is 14.1. The van der Waals surface area contributed by atoms with E-state index in [1.54, 1.807) is 0 Å². The fraction of sp³-hybridized carbons (Fsp3) is 0.276. The lowest BCUT2D eigenvalue weighted by Gasteiger charge is -2.26. The molecule has 0 atom stereocenters. The van der Waals surface area contributed by atoms with E-state index in [1.165, 1.54) is 61.7 Å². The number of carbonyl (C=O) groups excluding carboxylic acids is 3. The predicted octanol–water partition coefficient (Wildman–Crippen LogP) is 7.36. The van der Waals surface area contributed by atoms with Gasteiger partial charge in [0.25, 0.3) is 18.2 Å². The highest BCUT2D eigenvalue weighted by Gasteiger charge is 2.52. The summed E-state index contributed by atoms with van der Waals surface area (Å²) >= 11 is 12.1. The van der Waals surface area contributed by atoms with E-state index in [0.717, 1.165) is 13.8 Å². The van der Waals surface area contributed by atoms with Gasteiger partial charge < -0.3 is 25.4 Å². The highest BCUT2D eigenvalue weighted by molar-refractivity contribution is 6.34. The molecule has 15 heteroatoms. The number of hydrogen-bond donors (Lipinski definition) is 3. The van der Waals surface area contributed by atoms with Gasteiger partial charge in [-0.2, -0.15) is 13.2 Å². The molecule has 0 saturated heterocycles. The molecule has 3 aromatic carbocycles. The lowest BCUT2D eigenvalue weighted by Crippen LogP contribution is -2.46. The van der Waals surface area contributed by atoms with Gasteiger partial charge in [0, 0.05) is 23.3 Å². The van der Waals surface area contributed by atoms with E-state index < -0.39 is 42.3 Å². The predicted molar refractivity (Wildman–Crippen MR) is 155 cm³/mol. The SMILES string of the molecule is COc1cc(Cl)ccc1NC(=O)c1cc(NC(=O)c2cc(CNC(=O)C(C)(C)C(F)(F)F)ccc2Cl)ccc1OCC(F)F. The molecule has 0 saturated carbocycles. The van der Waals surface area contributed by atoms with Gasteiger partial charge >= 0.3 is 6.18 Å². The Hall–Kier alpha value is -4.10. The van der Waals surface area contributed by atoms with Gasteiger partial charge in [-0.05, 0) is 61.9 Å². The minimum atomic E-state index is -4.78. The zero-order chi connectivity index (χ0) is 32.8. The number of hydrogen-bond acceptors (Lipinski definition) is 5. The quantitative estimate of drug-likeness (QED) is 0.186. The Labute approximate surface area is 258 Å². The number of rotatable bonds is 11. The van der Waals surface area contributed by atoms with E-state index in [9.17, 15) is 36.3 Å². The highest BCUT2D eigenvalue weighted by Crippen LogP contribution is 2.37. The maximum atomic E-state index is 13.2. The van der Waals surface area contributed by atoms with Crippen molar-refractivity contribution in [2.45, 2.75) is 33.0 Å². The molecule has 8 nitrogen and oxygen atoms in total. The summed E-state index contributed by atoms with van der Waals surface area (Å²) in [5.41, 5.74) is -2.41. The van der Waals surface area contributed by atoms with Crippen molar-refractivity contribution in [3.05, 3.63) is 81.3 Å². The smallest absolute Gasteiger partial charge is 0.402 e. The fourth-order valence-electron chi connectivity index (χ4n) is 3.61. The highest BCUT2D eigenvalue weighted by atomic mass is 35.5. The number of methoxy groups -OCH3 is 1. The third kappa shape index (κ3) is 8.50. The van der Waals surface area contributed by atoms with Crippen molar-refractivity contribution >= 4 is 52.3 Å². The van der Waals surface area contributed by atoms with Crippen LogP contribution in [0.2, 0.25) is 10.0 Å². The van der Waals surface area contributed by atoms with E-state index in [0.29, 0.717) is 5.02 Å². The summed E-state index contributed by atoms with van der Waals surface area (Å²) in [5, 5.41) is 7.62. The van der Waals surface area contributed by atoms with Crippen molar-refractivity contribution in [3.8, 4) is 11.5 Å². The summed E-state index contributed by atoms with van der Waals surface area (Å²) in [6, 6.07) is 12.1. The fourth-order valence-corrected chi connectivity index (χ4v) is 3.97. The first kappa shape index (κ1) is 34.4. The van der Waals surface area contributed by atoms with Gasteiger partial charge in [0.2, 0.25) is 5.91 Å². The number of carbonyl (C=O) groups is 3. The Morgan fingerprint density at radius 3 is 2.18 bits per heavy atom. The van der Waals surface area contributed by atoms with Gasteiger partial charge in [-0.1, -0.05) is 29.3 Å². The molecule has 0 aliphatic carbocycles. The molecule has 0 heterocycles. The van der Waals surface area contributed by atoms with Gasteiger partial charge in [0.05, 0.1) is 28.9 Å². The number of alkyl halides is 5. The average Bonchev–Trinajstić information content (AvgIpc) is 2.95. The molecular formula is C29H26Cl2F5N3O5. The normalized spacial score (nSPS) is 11.6. The number of ether oxygens (including phenoxy) is 2. The van der Waals surface area contributed by atoms with Crippen LogP contribution in [-0.2, 0) is 11.3 Å². The monoisotopic (exact) mass is 661 g/mol. The Balaban J connectivity index is 1.84. The van der Waals surface area contributed by atoms with Gasteiger partial charge in [-0.3, -0.25) is 14.4 Å². The van der Waals surface area contributed by atoms with Crippen LogP contribution in [0.4, 0.5) is 33.3 Å². The van der Waals surface area contributed by atoms with Crippen molar-refractivity contribution in [3.63, 3.8) is 0 Å². The van der Waals surface area contributed by atoms with Gasteiger partial charge in [-0.25, -0.2) is 8.78 Å². The molecule has 0 aliphatic heterocycles. The van der Waals surface area contributed by atoms with Gasteiger partial charge in [0.1, 0.15) is 23.5 Å². The lowest BCUT2D eigenvalue weighted by molar-refractivity contribution is -0.211. The van der Waals surface area contributed by atoms with Crippen LogP contribution in [0.25, 0.3) is 0 Å². The van der Waals surface area contributed by atoms with E-state index in [2.05, 4.69) is 16.0 Å². The van der Waals surface area contributed by atoms with Crippen molar-refractivity contribution in [2.75, 3.05) is 24.4 Å². The molecule has 3 amide bonds. The number of halogens is 7. The number of benzene rings is 3. The molecule has 0 unspecified atom stereocenters. The Morgan fingerprint density at radius 2 is 1.55 bits per heavy atom. The summed E-state index contributed by atoms with van der Waals surface area (Å²) in [6.07, 6.45) is -7.61. The Bertz CT molecular complexity index is 1550. The number of nitrogens with one attached hydrogen (secondary N) is 3. The Morgan fingerprint density at radius 1 is 0.864 bits per heavy atom. The molecule has 3 aromatic rings. The summed E-state index contributed by atoms with van der Waals surface area (Å²) in [4.78, 5) is 38.4. The van der Waals surface area contributed by atoms with Crippen LogP contribution in [0.15, 0.2) is 54.6 Å². The lowest BCUT2D eigenvalue weighted by atomic mass is 9.91. The molecule has 0 radical (unpaired) electrons. The maximum Gasteiger partial charge on any atom is 0.402 e. The van der Waals surface area contributed by atoms with Crippen molar-refractivity contribution in [2.24, 2.45) is 5.41 Å². The molecule has 3 N–H and O–H groups in total. The first-order valence-electron chi connectivity index (χ1n) is 12.7. The third-order valence-electron chi connectivity index (χ3n) is 6.26. The van der Waals surface area contributed by atoms with Gasteiger partial charge in [-0.15, -0.1) is 0 Å². The van der Waals surface area contributed by atoms with Crippen LogP contribution in [0, 0.1) is 5.41 Å². The summed E-state index contributed by atoms with van der Waals surface area (Å²) in [6.45, 7) is 0.153. The molecular weight excluding hydrogens is 636 g/mol. The zero-order valence-corrected chi connectivity index (χ0v) is 24.9. The van der Waals surface area contributed by atoms with Gasteiger partial charge in [0.15, 0.2) is 0 Å². The topological polar surface area (TPSA) is 106 Å². The first-order valence-corrected chi connectivity index (χ1v) is 13.4. The molecule has 44 heavy (non-hydrogen) atoms. The van der Waals surface area contributed by atoms with Crippen molar-refractivity contribution in [1.82, 2.24) is 5.32 Å². The van der Waals surface area contributed by atoms with E-state index in [1.807, 2.05) is 0 Å². The molecule has 0 fully saturated rings. The second-order valence-corrected chi connectivity index (χ2v) is 10.6. The summed E-state index contributed by atoms with van der Waals surface area (Å²) < 4.78 is 75.5. The molecule has 0 aromatic heterocycles. The average molecular weight is 662 g/mol. The van der Waals surface area contributed by atoms with Crippen LogP contribution in [0.5, 0.6) is 11.5 Å². The largest absolute Gasteiger partial charge is 0.495 e. The third-order valence-corrected chi connectivity index (χ3v) is 6.83. The minimum Gasteiger partial charge on any atom is -0.495 e. The Kier molecular flexibility index (Phi) is 11.0. The molecule has 236 valence electrons. The van der Waals surface area contributed by atoms with Crippen LogP contribution in [0.3, 0.4) is 0 Å². The molecule has 0 spiro atoms. The van der Waals surface area contributed by atoms with Crippen LogP contribution in [0.1, 0.15) is 40.1 Å². The molecule has 3 rings (SSSR count). The van der Waals surface area contributed by atoms with Crippen molar-refractivity contribution in [1.29, 1.82) is 0 Å². The van der Waals surface area contributed by atoms with Crippen molar-refractivity contribution < 1.29 is 45.8 Å². The number of amides is 3. The first-order chi connectivity index (χ1) is 20.5. The number of anilines is 2. The second-order valence-electron chi connectivity index (χ2n) is 9.79. The van der Waals surface area contributed by atoms with Crippen LogP contribution >= 0.6 is 23.2 Å². The minimum absolute atomic E-state index is 0.0158. The van der Waals surface area contributed by atoms with E-state index >= 15 is 0 Å². The standard InChI is InChI=1S/C29H26Cl2F5N3O5/c1-28(2,29(34,35)36)27(42)37-13-15-4-7-20(31)18(10-15)25(40)38-17-6-9-22(44-14-24(32)33)19(12-17)26(41)39-21-8-5-16(30)11-23(21)43-3/h4-12,24H,13-14H2,1-3H3,(H,37,42)(H,38,40)(H,39,41). The van der Waals surface area contributed by atoms with Crippen LogP contribution < -0.4 is 25.4 Å². The maximum absolute atomic E-state index is 13.2. The van der Waals surface area contributed by atoms with Crippen LogP contribution in [-0.4, -0.2) is 44.0 Å². The summed E-state index contributed by atoms with van der Waals surface area (Å²) in [7, 11) is 1.35. The molecule has 0 bridgehead atoms. The summed E-state index contributed by atoms with van der Waals surface area (Å²) in [5.74, 6) is -2.80. The van der Waals surface area contributed by atoms with E-state index in [4.69, 9.17) is 32.7 Å². The zero-order valence-electron chi connectivity index (χ0n) is 23.4.